The summed E-state index contributed by atoms with van der Waals surface area (Å²) in [5.74, 6) is 0.716. The van der Waals surface area contributed by atoms with Crippen molar-refractivity contribution >= 4 is 23.2 Å². The fraction of sp³-hybridized carbons (Fsp3) is 0.200. The first kappa shape index (κ1) is 14.2. The van der Waals surface area contributed by atoms with Crippen LogP contribution in [0, 0.1) is 6.92 Å². The number of rotatable bonds is 3. The summed E-state index contributed by atoms with van der Waals surface area (Å²) in [7, 11) is 1.61. The second-order valence-electron chi connectivity index (χ2n) is 4.37. The van der Waals surface area contributed by atoms with Crippen LogP contribution in [0.2, 0.25) is 10.0 Å². The molecule has 2 N–H and O–H groups in total. The SMILES string of the molecule is COc1ccc(C(N)c2ccc(Cl)cc2C)c(Cl)c1. The van der Waals surface area contributed by atoms with Crippen molar-refractivity contribution < 1.29 is 4.74 Å². The number of aryl methyl sites for hydroxylation is 1. The summed E-state index contributed by atoms with van der Waals surface area (Å²) in [6.07, 6.45) is 0. The molecule has 0 aromatic heterocycles. The van der Waals surface area contributed by atoms with Gasteiger partial charge in [0.1, 0.15) is 5.75 Å². The highest BCUT2D eigenvalue weighted by molar-refractivity contribution is 6.31. The van der Waals surface area contributed by atoms with Gasteiger partial charge in [0.15, 0.2) is 0 Å². The number of methoxy groups -OCH3 is 1. The first-order chi connectivity index (χ1) is 9.02. The first-order valence-corrected chi connectivity index (χ1v) is 6.63. The smallest absolute Gasteiger partial charge is 0.120 e. The van der Waals surface area contributed by atoms with Crippen molar-refractivity contribution in [3.8, 4) is 5.75 Å². The maximum absolute atomic E-state index is 6.29. The number of hydrogen-bond acceptors (Lipinski definition) is 2. The Morgan fingerprint density at radius 3 is 2.32 bits per heavy atom. The second kappa shape index (κ2) is 5.83. The van der Waals surface area contributed by atoms with Crippen LogP contribution in [-0.2, 0) is 0 Å². The van der Waals surface area contributed by atoms with E-state index in [2.05, 4.69) is 0 Å². The van der Waals surface area contributed by atoms with Crippen molar-refractivity contribution in [2.45, 2.75) is 13.0 Å². The number of benzene rings is 2. The lowest BCUT2D eigenvalue weighted by molar-refractivity contribution is 0.414. The summed E-state index contributed by atoms with van der Waals surface area (Å²) in [4.78, 5) is 0. The zero-order valence-corrected chi connectivity index (χ0v) is 12.3. The highest BCUT2D eigenvalue weighted by Gasteiger charge is 2.15. The summed E-state index contributed by atoms with van der Waals surface area (Å²) in [5, 5.41) is 1.30. The topological polar surface area (TPSA) is 35.2 Å². The van der Waals surface area contributed by atoms with Crippen LogP contribution >= 0.6 is 23.2 Å². The minimum Gasteiger partial charge on any atom is -0.497 e. The van der Waals surface area contributed by atoms with Crippen LogP contribution in [0.15, 0.2) is 36.4 Å². The normalized spacial score (nSPS) is 12.3. The van der Waals surface area contributed by atoms with Gasteiger partial charge in [-0.25, -0.2) is 0 Å². The molecule has 0 saturated carbocycles. The lowest BCUT2D eigenvalue weighted by Crippen LogP contribution is -2.13. The minimum absolute atomic E-state index is 0.282. The molecular formula is C15H15Cl2NO. The molecule has 2 aromatic carbocycles. The van der Waals surface area contributed by atoms with Crippen molar-refractivity contribution in [3.63, 3.8) is 0 Å². The lowest BCUT2D eigenvalue weighted by Gasteiger charge is -2.17. The fourth-order valence-electron chi connectivity index (χ4n) is 2.04. The van der Waals surface area contributed by atoms with Gasteiger partial charge in [0.25, 0.3) is 0 Å². The number of nitrogens with two attached hydrogens (primary N) is 1. The Labute approximate surface area is 123 Å². The molecule has 0 aliphatic rings. The predicted molar refractivity (Wildman–Crippen MR) is 80.2 cm³/mol. The van der Waals surface area contributed by atoms with Gasteiger partial charge in [0.05, 0.1) is 13.2 Å². The van der Waals surface area contributed by atoms with E-state index < -0.39 is 0 Å². The van der Waals surface area contributed by atoms with Gasteiger partial charge < -0.3 is 10.5 Å². The molecule has 0 heterocycles. The van der Waals surface area contributed by atoms with Crippen LogP contribution in [0.5, 0.6) is 5.75 Å². The third kappa shape index (κ3) is 3.03. The molecule has 0 aliphatic heterocycles. The van der Waals surface area contributed by atoms with Crippen LogP contribution < -0.4 is 10.5 Å². The van der Waals surface area contributed by atoms with Crippen molar-refractivity contribution in [1.29, 1.82) is 0 Å². The van der Waals surface area contributed by atoms with E-state index in [1.807, 2.05) is 37.3 Å². The molecule has 2 aromatic rings. The fourth-order valence-corrected chi connectivity index (χ4v) is 2.56. The third-order valence-electron chi connectivity index (χ3n) is 3.11. The van der Waals surface area contributed by atoms with E-state index in [0.717, 1.165) is 16.7 Å². The molecular weight excluding hydrogens is 281 g/mol. The Balaban J connectivity index is 2.41. The maximum Gasteiger partial charge on any atom is 0.120 e. The highest BCUT2D eigenvalue weighted by Crippen LogP contribution is 2.31. The van der Waals surface area contributed by atoms with E-state index in [-0.39, 0.29) is 6.04 Å². The zero-order valence-electron chi connectivity index (χ0n) is 10.8. The average molecular weight is 296 g/mol. The second-order valence-corrected chi connectivity index (χ2v) is 5.21. The number of halogens is 2. The monoisotopic (exact) mass is 295 g/mol. The van der Waals surface area contributed by atoms with E-state index in [9.17, 15) is 0 Å². The van der Waals surface area contributed by atoms with E-state index in [0.29, 0.717) is 15.8 Å². The van der Waals surface area contributed by atoms with Gasteiger partial charge in [-0.2, -0.15) is 0 Å². The Morgan fingerprint density at radius 2 is 1.74 bits per heavy atom. The van der Waals surface area contributed by atoms with Crippen molar-refractivity contribution in [1.82, 2.24) is 0 Å². The van der Waals surface area contributed by atoms with E-state index in [4.69, 9.17) is 33.7 Å². The molecule has 100 valence electrons. The Bertz CT molecular complexity index is 599. The van der Waals surface area contributed by atoms with Gasteiger partial charge in [-0.05, 0) is 47.9 Å². The third-order valence-corrected chi connectivity index (χ3v) is 3.67. The van der Waals surface area contributed by atoms with Gasteiger partial charge >= 0.3 is 0 Å². The van der Waals surface area contributed by atoms with Crippen LogP contribution in [0.4, 0.5) is 0 Å². The first-order valence-electron chi connectivity index (χ1n) is 5.88. The van der Waals surface area contributed by atoms with Gasteiger partial charge in [-0.15, -0.1) is 0 Å². The zero-order chi connectivity index (χ0) is 14.0. The largest absolute Gasteiger partial charge is 0.497 e. The van der Waals surface area contributed by atoms with E-state index >= 15 is 0 Å². The molecule has 0 radical (unpaired) electrons. The molecule has 0 spiro atoms. The predicted octanol–water partition coefficient (Wildman–Crippen LogP) is 4.36. The maximum atomic E-state index is 6.29. The van der Waals surface area contributed by atoms with Crippen LogP contribution in [0.3, 0.4) is 0 Å². The summed E-state index contributed by atoms with van der Waals surface area (Å²) in [6, 6.07) is 10.9. The quantitative estimate of drug-likeness (QED) is 0.913. The molecule has 19 heavy (non-hydrogen) atoms. The number of ether oxygens (including phenoxy) is 1. The molecule has 0 aliphatic carbocycles. The molecule has 1 unspecified atom stereocenters. The van der Waals surface area contributed by atoms with Gasteiger partial charge in [0.2, 0.25) is 0 Å². The van der Waals surface area contributed by atoms with Crippen molar-refractivity contribution in [2.24, 2.45) is 5.73 Å². The number of hydrogen-bond donors (Lipinski definition) is 1. The van der Waals surface area contributed by atoms with Crippen LogP contribution in [0.25, 0.3) is 0 Å². The summed E-state index contributed by atoms with van der Waals surface area (Å²) >= 11 is 12.2. The summed E-state index contributed by atoms with van der Waals surface area (Å²) in [5.41, 5.74) is 9.22. The molecule has 0 amide bonds. The summed E-state index contributed by atoms with van der Waals surface area (Å²) in [6.45, 7) is 1.98. The molecule has 2 nitrogen and oxygen atoms in total. The lowest BCUT2D eigenvalue weighted by atomic mass is 9.96. The molecule has 2 rings (SSSR count). The molecule has 0 saturated heterocycles. The Hall–Kier alpha value is -1.22. The van der Waals surface area contributed by atoms with Gasteiger partial charge in [-0.1, -0.05) is 35.3 Å². The molecule has 0 fully saturated rings. The summed E-state index contributed by atoms with van der Waals surface area (Å²) < 4.78 is 5.13. The standard InChI is InChI=1S/C15H15Cl2NO/c1-9-7-10(16)3-5-12(9)15(18)13-6-4-11(19-2)8-14(13)17/h3-8,15H,18H2,1-2H3. The molecule has 1 atom stereocenters. The Kier molecular flexibility index (Phi) is 4.35. The van der Waals surface area contributed by atoms with Crippen molar-refractivity contribution in [3.05, 3.63) is 63.1 Å². The van der Waals surface area contributed by atoms with Crippen LogP contribution in [-0.4, -0.2) is 7.11 Å². The average Bonchev–Trinajstić information content (AvgIpc) is 2.37. The van der Waals surface area contributed by atoms with E-state index in [1.165, 1.54) is 0 Å². The van der Waals surface area contributed by atoms with Gasteiger partial charge in [0, 0.05) is 10.0 Å². The highest BCUT2D eigenvalue weighted by atomic mass is 35.5. The van der Waals surface area contributed by atoms with E-state index in [1.54, 1.807) is 13.2 Å². The van der Waals surface area contributed by atoms with Crippen LogP contribution in [0.1, 0.15) is 22.7 Å². The molecule has 0 bridgehead atoms. The Morgan fingerprint density at radius 1 is 1.05 bits per heavy atom. The van der Waals surface area contributed by atoms with Crippen molar-refractivity contribution in [2.75, 3.05) is 7.11 Å². The minimum atomic E-state index is -0.282. The molecule has 4 heteroatoms. The van der Waals surface area contributed by atoms with Gasteiger partial charge in [-0.3, -0.25) is 0 Å².